The molecule has 0 N–H and O–H groups in total. The van der Waals surface area contributed by atoms with E-state index in [1.807, 2.05) is 0 Å². The highest BCUT2D eigenvalue weighted by Gasteiger charge is 2.20. The van der Waals surface area contributed by atoms with E-state index < -0.39 is 11.2 Å². The molecule has 4 aromatic rings. The molecule has 7 nitrogen and oxygen atoms in total. The number of aromatic nitrogens is 2. The van der Waals surface area contributed by atoms with Crippen LogP contribution in [-0.4, -0.2) is 29.1 Å². The van der Waals surface area contributed by atoms with Gasteiger partial charge in [0.05, 0.1) is 37.4 Å². The maximum Gasteiger partial charge on any atom is 0.336 e. The molecule has 0 aliphatic carbocycles. The van der Waals surface area contributed by atoms with Crippen LogP contribution >= 0.6 is 11.6 Å². The molecule has 0 aliphatic rings. The average Bonchev–Trinajstić information content (AvgIpc) is 2.82. The van der Waals surface area contributed by atoms with E-state index in [9.17, 15) is 14.4 Å². The lowest BCUT2D eigenvalue weighted by Crippen LogP contribution is -2.40. The molecule has 0 saturated heterocycles. The van der Waals surface area contributed by atoms with Gasteiger partial charge in [-0.25, -0.2) is 9.36 Å². The standard InChI is InChI=1S/C24H19ClN2O5/c1-31-21-12-18-19(13-22(21)32-2)26(14-20(28)15-8-10-16(25)11-9-15)24(30)27(23(18)29)17-6-4-3-5-7-17/h3-13H,14H2,1-2H3. The van der Waals surface area contributed by atoms with Gasteiger partial charge in [-0.05, 0) is 42.5 Å². The summed E-state index contributed by atoms with van der Waals surface area (Å²) < 4.78 is 13.0. The number of carbonyl (C=O) groups is 1. The number of nitrogens with zero attached hydrogens (tertiary/aromatic N) is 2. The van der Waals surface area contributed by atoms with Crippen LogP contribution in [0.25, 0.3) is 16.6 Å². The number of ether oxygens (including phenoxy) is 2. The summed E-state index contributed by atoms with van der Waals surface area (Å²) in [5.74, 6) is 0.369. The third-order valence-corrected chi connectivity index (χ3v) is 5.38. The predicted octanol–water partition coefficient (Wildman–Crippen LogP) is 3.71. The molecule has 1 aromatic heterocycles. The van der Waals surface area contributed by atoms with Gasteiger partial charge in [-0.2, -0.15) is 0 Å². The van der Waals surface area contributed by atoms with Gasteiger partial charge in [0.25, 0.3) is 5.56 Å². The van der Waals surface area contributed by atoms with Gasteiger partial charge in [0.1, 0.15) is 0 Å². The summed E-state index contributed by atoms with van der Waals surface area (Å²) in [5, 5.41) is 0.716. The third-order valence-electron chi connectivity index (χ3n) is 5.13. The first-order chi connectivity index (χ1) is 15.4. The van der Waals surface area contributed by atoms with Gasteiger partial charge in [-0.15, -0.1) is 0 Å². The van der Waals surface area contributed by atoms with E-state index in [-0.39, 0.29) is 23.2 Å². The van der Waals surface area contributed by atoms with Crippen LogP contribution in [0.3, 0.4) is 0 Å². The number of para-hydroxylation sites is 1. The van der Waals surface area contributed by atoms with Gasteiger partial charge < -0.3 is 9.47 Å². The summed E-state index contributed by atoms with van der Waals surface area (Å²) in [4.78, 5) is 39.8. The van der Waals surface area contributed by atoms with Crippen LogP contribution in [0.1, 0.15) is 10.4 Å². The van der Waals surface area contributed by atoms with Crippen LogP contribution in [0.5, 0.6) is 11.5 Å². The van der Waals surface area contributed by atoms with E-state index >= 15 is 0 Å². The van der Waals surface area contributed by atoms with Crippen molar-refractivity contribution >= 4 is 28.3 Å². The van der Waals surface area contributed by atoms with Gasteiger partial charge in [0.15, 0.2) is 17.3 Å². The molecule has 0 aliphatic heterocycles. The number of benzene rings is 3. The maximum absolute atomic E-state index is 13.5. The third kappa shape index (κ3) is 3.78. The van der Waals surface area contributed by atoms with Crippen LogP contribution in [0.4, 0.5) is 0 Å². The number of fused-ring (bicyclic) bond motifs is 1. The van der Waals surface area contributed by atoms with Crippen LogP contribution < -0.4 is 20.7 Å². The number of rotatable bonds is 6. The van der Waals surface area contributed by atoms with E-state index in [2.05, 4.69) is 0 Å². The van der Waals surface area contributed by atoms with Gasteiger partial charge in [-0.1, -0.05) is 29.8 Å². The fraction of sp³-hybridized carbons (Fsp3) is 0.125. The lowest BCUT2D eigenvalue weighted by Gasteiger charge is -2.16. The van der Waals surface area contributed by atoms with E-state index in [1.165, 1.54) is 30.9 Å². The first kappa shape index (κ1) is 21.4. The van der Waals surface area contributed by atoms with Gasteiger partial charge in [-0.3, -0.25) is 14.2 Å². The average molecular weight is 451 g/mol. The molecule has 4 rings (SSSR count). The van der Waals surface area contributed by atoms with Crippen molar-refractivity contribution in [2.45, 2.75) is 6.54 Å². The minimum Gasteiger partial charge on any atom is -0.493 e. The smallest absolute Gasteiger partial charge is 0.336 e. The summed E-state index contributed by atoms with van der Waals surface area (Å²) in [7, 11) is 2.91. The Kier molecular flexibility index (Phi) is 5.83. The van der Waals surface area contributed by atoms with Crippen LogP contribution in [0.2, 0.25) is 5.02 Å². The number of carbonyl (C=O) groups excluding carboxylic acids is 1. The Morgan fingerprint density at radius 1 is 0.906 bits per heavy atom. The normalized spacial score (nSPS) is 10.8. The van der Waals surface area contributed by atoms with Crippen LogP contribution in [0, 0.1) is 0 Å². The summed E-state index contributed by atoms with van der Waals surface area (Å²) >= 11 is 5.92. The van der Waals surface area contributed by atoms with Gasteiger partial charge in [0, 0.05) is 16.7 Å². The molecule has 0 amide bonds. The SMILES string of the molecule is COc1cc2c(=O)n(-c3ccccc3)c(=O)n(CC(=O)c3ccc(Cl)cc3)c2cc1OC. The van der Waals surface area contributed by atoms with Crippen molar-refractivity contribution in [3.05, 3.63) is 98.2 Å². The highest BCUT2D eigenvalue weighted by Crippen LogP contribution is 2.30. The Labute approximate surface area is 188 Å². The Morgan fingerprint density at radius 3 is 2.16 bits per heavy atom. The van der Waals surface area contributed by atoms with E-state index in [0.29, 0.717) is 27.8 Å². The first-order valence-corrected chi connectivity index (χ1v) is 10.1. The minimum absolute atomic E-state index is 0.218. The van der Waals surface area contributed by atoms with Crippen molar-refractivity contribution in [1.29, 1.82) is 0 Å². The minimum atomic E-state index is -0.636. The summed E-state index contributed by atoms with van der Waals surface area (Å²) in [6.07, 6.45) is 0. The highest BCUT2D eigenvalue weighted by molar-refractivity contribution is 6.30. The van der Waals surface area contributed by atoms with Gasteiger partial charge in [0.2, 0.25) is 0 Å². The molecule has 1 heterocycles. The molecule has 0 atom stereocenters. The number of Topliss-reactive ketones (excluding diaryl/α,β-unsaturated/α-hetero) is 1. The molecule has 3 aromatic carbocycles. The molecular formula is C24H19ClN2O5. The maximum atomic E-state index is 13.5. The zero-order valence-corrected chi connectivity index (χ0v) is 18.1. The fourth-order valence-corrected chi connectivity index (χ4v) is 3.65. The Morgan fingerprint density at radius 2 is 1.53 bits per heavy atom. The predicted molar refractivity (Wildman–Crippen MR) is 123 cm³/mol. The van der Waals surface area contributed by atoms with E-state index in [1.54, 1.807) is 54.6 Å². The second-order valence-corrected chi connectivity index (χ2v) is 7.44. The van der Waals surface area contributed by atoms with Crippen LogP contribution in [0.15, 0.2) is 76.3 Å². The molecule has 0 bridgehead atoms. The second-order valence-electron chi connectivity index (χ2n) is 7.00. The van der Waals surface area contributed by atoms with Crippen molar-refractivity contribution in [3.8, 4) is 17.2 Å². The van der Waals surface area contributed by atoms with E-state index in [4.69, 9.17) is 21.1 Å². The number of ketones is 1. The molecule has 0 saturated carbocycles. The second kappa shape index (κ2) is 8.72. The fourth-order valence-electron chi connectivity index (χ4n) is 3.52. The van der Waals surface area contributed by atoms with Crippen molar-refractivity contribution in [3.63, 3.8) is 0 Å². The molecule has 32 heavy (non-hydrogen) atoms. The molecule has 0 fully saturated rings. The van der Waals surface area contributed by atoms with Crippen LogP contribution in [-0.2, 0) is 6.54 Å². The zero-order chi connectivity index (χ0) is 22.8. The van der Waals surface area contributed by atoms with Crippen molar-refractivity contribution in [2.75, 3.05) is 14.2 Å². The summed E-state index contributed by atoms with van der Waals surface area (Å²) in [5.41, 5.74) is -0.0954. The lowest BCUT2D eigenvalue weighted by atomic mass is 10.1. The molecule has 8 heteroatoms. The van der Waals surface area contributed by atoms with E-state index in [0.717, 1.165) is 4.57 Å². The molecule has 0 unspecified atom stereocenters. The summed E-state index contributed by atoms with van der Waals surface area (Å²) in [6, 6.07) is 18.0. The van der Waals surface area contributed by atoms with Gasteiger partial charge >= 0.3 is 5.69 Å². The quantitative estimate of drug-likeness (QED) is 0.418. The largest absolute Gasteiger partial charge is 0.493 e. The zero-order valence-electron chi connectivity index (χ0n) is 17.4. The Balaban J connectivity index is 2.01. The molecular weight excluding hydrogens is 432 g/mol. The molecule has 0 radical (unpaired) electrons. The highest BCUT2D eigenvalue weighted by atomic mass is 35.5. The number of hydrogen-bond donors (Lipinski definition) is 0. The molecule has 162 valence electrons. The Hall–Kier alpha value is -3.84. The van der Waals surface area contributed by atoms with Crippen molar-refractivity contribution in [2.24, 2.45) is 0 Å². The van der Waals surface area contributed by atoms with Crippen molar-refractivity contribution in [1.82, 2.24) is 9.13 Å². The molecule has 0 spiro atoms. The van der Waals surface area contributed by atoms with Crippen molar-refractivity contribution < 1.29 is 14.3 Å². The monoisotopic (exact) mass is 450 g/mol. The topological polar surface area (TPSA) is 79.5 Å². The lowest BCUT2D eigenvalue weighted by molar-refractivity contribution is 0.0971. The summed E-state index contributed by atoms with van der Waals surface area (Å²) in [6.45, 7) is -0.278. The number of hydrogen-bond acceptors (Lipinski definition) is 5. The first-order valence-electron chi connectivity index (χ1n) is 9.70. The Bertz CT molecular complexity index is 1420. The number of halogens is 1. The number of methoxy groups -OCH3 is 2.